The lowest BCUT2D eigenvalue weighted by molar-refractivity contribution is -0.0328. The lowest BCUT2D eigenvalue weighted by atomic mass is 10.2. The lowest BCUT2D eigenvalue weighted by Crippen LogP contribution is -2.04. The van der Waals surface area contributed by atoms with Crippen molar-refractivity contribution in [3.8, 4) is 0 Å². The summed E-state index contributed by atoms with van der Waals surface area (Å²) in [5.41, 5.74) is -4.62. The number of hydrogen-bond donors (Lipinski definition) is 1. The lowest BCUT2D eigenvalue weighted by Gasteiger charge is -2.05. The number of benzene rings is 1. The zero-order valence-electron chi connectivity index (χ0n) is 7.84. The van der Waals surface area contributed by atoms with Crippen molar-refractivity contribution < 1.29 is 13.2 Å². The first-order valence-electron chi connectivity index (χ1n) is 4.33. The molecule has 2 nitrogen and oxygen atoms in total. The van der Waals surface area contributed by atoms with Crippen LogP contribution in [0.3, 0.4) is 0 Å². The minimum absolute atomic E-state index is 0.0746. The number of alkyl halides is 3. The number of thioether (sulfide) groups is 1. The highest BCUT2D eigenvalue weighted by atomic mass is 32.2. The third-order valence-corrected chi connectivity index (χ3v) is 2.70. The Morgan fingerprint density at radius 2 is 1.94 bits per heavy atom. The summed E-state index contributed by atoms with van der Waals surface area (Å²) in [6.07, 6.45) is 1.41. The van der Waals surface area contributed by atoms with Crippen LogP contribution in [0, 0.1) is 0 Å². The van der Waals surface area contributed by atoms with E-state index in [1.165, 1.54) is 24.4 Å². The number of halogens is 3. The van der Waals surface area contributed by atoms with Crippen LogP contribution in [0.25, 0.3) is 10.8 Å². The van der Waals surface area contributed by atoms with E-state index in [0.29, 0.717) is 10.8 Å². The number of nitrogens with one attached hydrogen (secondary N) is 1. The first-order chi connectivity index (χ1) is 7.46. The Morgan fingerprint density at radius 1 is 1.19 bits per heavy atom. The van der Waals surface area contributed by atoms with E-state index in [2.05, 4.69) is 4.98 Å². The minimum Gasteiger partial charge on any atom is -0.329 e. The van der Waals surface area contributed by atoms with Crippen LogP contribution >= 0.6 is 11.8 Å². The van der Waals surface area contributed by atoms with Gasteiger partial charge in [-0.1, -0.05) is 0 Å². The average molecular weight is 245 g/mol. The molecule has 1 aromatic carbocycles. The van der Waals surface area contributed by atoms with Crippen LogP contribution in [-0.4, -0.2) is 10.5 Å². The number of aromatic amines is 1. The Labute approximate surface area is 92.5 Å². The zero-order valence-corrected chi connectivity index (χ0v) is 8.65. The van der Waals surface area contributed by atoms with E-state index in [-0.39, 0.29) is 22.2 Å². The second kappa shape index (κ2) is 3.86. The van der Waals surface area contributed by atoms with E-state index < -0.39 is 5.51 Å². The molecule has 84 valence electrons. The van der Waals surface area contributed by atoms with Gasteiger partial charge < -0.3 is 4.98 Å². The molecule has 16 heavy (non-hydrogen) atoms. The van der Waals surface area contributed by atoms with E-state index in [0.717, 1.165) is 0 Å². The van der Waals surface area contributed by atoms with Gasteiger partial charge in [0.1, 0.15) is 0 Å². The summed E-state index contributed by atoms with van der Waals surface area (Å²) < 4.78 is 36.3. The first kappa shape index (κ1) is 11.1. The van der Waals surface area contributed by atoms with Crippen molar-refractivity contribution in [2.24, 2.45) is 0 Å². The van der Waals surface area contributed by atoms with Crippen molar-refractivity contribution in [1.29, 1.82) is 0 Å². The fourth-order valence-electron chi connectivity index (χ4n) is 1.37. The van der Waals surface area contributed by atoms with Gasteiger partial charge in [-0.2, -0.15) is 13.2 Å². The molecule has 0 unspecified atom stereocenters. The molecule has 6 heteroatoms. The molecule has 0 aliphatic heterocycles. The quantitative estimate of drug-likeness (QED) is 0.783. The van der Waals surface area contributed by atoms with Gasteiger partial charge in [0.05, 0.1) is 0 Å². The highest BCUT2D eigenvalue weighted by molar-refractivity contribution is 8.00. The van der Waals surface area contributed by atoms with Gasteiger partial charge in [-0.05, 0) is 41.4 Å². The van der Waals surface area contributed by atoms with E-state index >= 15 is 0 Å². The van der Waals surface area contributed by atoms with E-state index in [1.807, 2.05) is 0 Å². The molecular weight excluding hydrogens is 239 g/mol. The van der Waals surface area contributed by atoms with Crippen LogP contribution in [-0.2, 0) is 0 Å². The highest BCUT2D eigenvalue weighted by Crippen LogP contribution is 2.37. The Hall–Kier alpha value is -1.43. The molecule has 2 aromatic rings. The maximum atomic E-state index is 12.1. The normalized spacial score (nSPS) is 11.9. The van der Waals surface area contributed by atoms with Crippen molar-refractivity contribution in [3.05, 3.63) is 40.8 Å². The third kappa shape index (κ3) is 2.38. The summed E-state index contributed by atoms with van der Waals surface area (Å²) >= 11 is -0.191. The van der Waals surface area contributed by atoms with Gasteiger partial charge in [0.2, 0.25) is 0 Å². The van der Waals surface area contributed by atoms with Crippen LogP contribution in [0.1, 0.15) is 0 Å². The van der Waals surface area contributed by atoms with E-state index in [9.17, 15) is 18.0 Å². The Kier molecular flexibility index (Phi) is 2.67. The maximum Gasteiger partial charge on any atom is 0.446 e. The standard InChI is InChI=1S/C10H6F3NOS/c11-10(12,13)16-7-1-2-8-6(5-7)3-4-14-9(8)15/h1-5H,(H,14,15). The monoisotopic (exact) mass is 245 g/mol. The van der Waals surface area contributed by atoms with Gasteiger partial charge in [0, 0.05) is 16.5 Å². The molecule has 0 amide bonds. The number of hydrogen-bond acceptors (Lipinski definition) is 2. The molecule has 0 saturated carbocycles. The number of H-pyrrole nitrogens is 1. The smallest absolute Gasteiger partial charge is 0.329 e. The molecule has 0 fully saturated rings. The second-order valence-corrected chi connectivity index (χ2v) is 4.24. The van der Waals surface area contributed by atoms with Crippen LogP contribution < -0.4 is 5.56 Å². The molecule has 2 rings (SSSR count). The number of fused-ring (bicyclic) bond motifs is 1. The van der Waals surface area contributed by atoms with Crippen LogP contribution in [0.15, 0.2) is 40.2 Å². The molecule has 0 spiro atoms. The van der Waals surface area contributed by atoms with Crippen molar-refractivity contribution in [2.45, 2.75) is 10.4 Å². The molecule has 0 bridgehead atoms. The zero-order chi connectivity index (χ0) is 11.8. The number of aromatic nitrogens is 1. The predicted octanol–water partition coefficient (Wildman–Crippen LogP) is 3.14. The van der Waals surface area contributed by atoms with Gasteiger partial charge in [0.15, 0.2) is 0 Å². The molecule has 0 radical (unpaired) electrons. The van der Waals surface area contributed by atoms with Gasteiger partial charge >= 0.3 is 5.51 Å². The summed E-state index contributed by atoms with van der Waals surface area (Å²) in [5.74, 6) is 0. The molecule has 0 atom stereocenters. The van der Waals surface area contributed by atoms with Crippen molar-refractivity contribution in [2.75, 3.05) is 0 Å². The van der Waals surface area contributed by atoms with Gasteiger partial charge in [0.25, 0.3) is 5.56 Å². The molecule has 1 aromatic heterocycles. The largest absolute Gasteiger partial charge is 0.446 e. The topological polar surface area (TPSA) is 32.9 Å². The molecule has 0 aliphatic carbocycles. The molecule has 1 heterocycles. The van der Waals surface area contributed by atoms with Crippen LogP contribution in [0.2, 0.25) is 0 Å². The summed E-state index contributed by atoms with van der Waals surface area (Å²) in [4.78, 5) is 13.8. The molecule has 0 aliphatic rings. The van der Waals surface area contributed by atoms with Crippen molar-refractivity contribution >= 4 is 22.5 Å². The van der Waals surface area contributed by atoms with Crippen molar-refractivity contribution in [1.82, 2.24) is 4.98 Å². The Balaban J connectivity index is 2.49. The van der Waals surface area contributed by atoms with Crippen LogP contribution in [0.5, 0.6) is 0 Å². The predicted molar refractivity (Wildman–Crippen MR) is 56.5 cm³/mol. The number of pyridine rings is 1. The summed E-state index contributed by atoms with van der Waals surface area (Å²) in [5, 5.41) is 0.882. The van der Waals surface area contributed by atoms with E-state index in [4.69, 9.17) is 0 Å². The minimum atomic E-state index is -4.31. The molecule has 0 saturated heterocycles. The molecule has 1 N–H and O–H groups in total. The second-order valence-electron chi connectivity index (χ2n) is 3.10. The fraction of sp³-hybridized carbons (Fsp3) is 0.100. The summed E-state index contributed by atoms with van der Waals surface area (Å²) in [6.45, 7) is 0. The van der Waals surface area contributed by atoms with Gasteiger partial charge in [-0.3, -0.25) is 4.79 Å². The van der Waals surface area contributed by atoms with Crippen LogP contribution in [0.4, 0.5) is 13.2 Å². The third-order valence-electron chi connectivity index (χ3n) is 1.98. The van der Waals surface area contributed by atoms with Crippen molar-refractivity contribution in [3.63, 3.8) is 0 Å². The highest BCUT2D eigenvalue weighted by Gasteiger charge is 2.29. The van der Waals surface area contributed by atoms with Gasteiger partial charge in [-0.15, -0.1) is 0 Å². The van der Waals surface area contributed by atoms with Gasteiger partial charge in [-0.25, -0.2) is 0 Å². The first-order valence-corrected chi connectivity index (χ1v) is 5.14. The Bertz CT molecular complexity index is 576. The summed E-state index contributed by atoms with van der Waals surface area (Å²) in [7, 11) is 0. The summed E-state index contributed by atoms with van der Waals surface area (Å²) in [6, 6.07) is 5.60. The van der Waals surface area contributed by atoms with E-state index in [1.54, 1.807) is 6.07 Å². The SMILES string of the molecule is O=c1[nH]ccc2cc(SC(F)(F)F)ccc12. The number of rotatable bonds is 1. The average Bonchev–Trinajstić information content (AvgIpc) is 2.15. The maximum absolute atomic E-state index is 12.1. The Morgan fingerprint density at radius 3 is 2.62 bits per heavy atom. The fourth-order valence-corrected chi connectivity index (χ4v) is 1.96. The molecular formula is C10H6F3NOS.